The van der Waals surface area contributed by atoms with Crippen LogP contribution < -0.4 is 5.32 Å². The molecule has 0 spiro atoms. The maximum Gasteiger partial charge on any atom is 0.290 e. The van der Waals surface area contributed by atoms with Crippen LogP contribution in [0.4, 0.5) is 11.5 Å². The highest BCUT2D eigenvalue weighted by molar-refractivity contribution is 5.46. The highest BCUT2D eigenvalue weighted by atomic mass is 16.6. The molecule has 94 valence electrons. The van der Waals surface area contributed by atoms with Crippen LogP contribution in [0.25, 0.3) is 0 Å². The van der Waals surface area contributed by atoms with Crippen LogP contribution in [0.15, 0.2) is 16.8 Å². The van der Waals surface area contributed by atoms with E-state index in [4.69, 9.17) is 4.52 Å². The summed E-state index contributed by atoms with van der Waals surface area (Å²) in [6, 6.07) is 1.60. The topological polar surface area (TPSA) is 107 Å². The Hall–Kier alpha value is -2.51. The highest BCUT2D eigenvalue weighted by Crippen LogP contribution is 2.18. The maximum absolute atomic E-state index is 10.6. The molecular formula is C10H11N5O3. The number of aromatic nitrogens is 3. The molecule has 0 radical (unpaired) electrons. The minimum Gasteiger partial charge on any atom is -0.361 e. The summed E-state index contributed by atoms with van der Waals surface area (Å²) >= 11 is 0. The number of anilines is 1. The van der Waals surface area contributed by atoms with E-state index in [1.807, 2.05) is 0 Å². The molecule has 0 aliphatic carbocycles. The van der Waals surface area contributed by atoms with Gasteiger partial charge in [-0.2, -0.15) is 4.98 Å². The van der Waals surface area contributed by atoms with Crippen molar-refractivity contribution in [2.75, 3.05) is 5.32 Å². The second-order valence-corrected chi connectivity index (χ2v) is 3.70. The number of nitrogens with one attached hydrogen (secondary N) is 1. The van der Waals surface area contributed by atoms with Crippen LogP contribution in [0, 0.1) is 24.0 Å². The van der Waals surface area contributed by atoms with E-state index < -0.39 is 4.92 Å². The Morgan fingerprint density at radius 1 is 1.50 bits per heavy atom. The average molecular weight is 249 g/mol. The first kappa shape index (κ1) is 12.0. The number of hydrogen-bond donors (Lipinski definition) is 1. The van der Waals surface area contributed by atoms with E-state index in [0.29, 0.717) is 29.6 Å². The lowest BCUT2D eigenvalue weighted by Gasteiger charge is -2.03. The second kappa shape index (κ2) is 4.78. The first-order valence-corrected chi connectivity index (χ1v) is 5.20. The van der Waals surface area contributed by atoms with E-state index in [1.165, 1.54) is 6.20 Å². The Labute approximate surface area is 102 Å². The van der Waals surface area contributed by atoms with Crippen LogP contribution in [0.3, 0.4) is 0 Å². The maximum atomic E-state index is 10.6. The fourth-order valence-corrected chi connectivity index (χ4v) is 1.41. The van der Waals surface area contributed by atoms with Crippen molar-refractivity contribution in [1.82, 2.24) is 15.1 Å². The molecule has 0 aromatic carbocycles. The SMILES string of the molecule is Cc1noc(CNc2cc(C)c([N+](=O)[O-])cn2)n1. The van der Waals surface area contributed by atoms with Gasteiger partial charge in [0.05, 0.1) is 11.5 Å². The van der Waals surface area contributed by atoms with Gasteiger partial charge in [-0.25, -0.2) is 4.98 Å². The zero-order valence-electron chi connectivity index (χ0n) is 9.88. The molecule has 0 saturated heterocycles. The van der Waals surface area contributed by atoms with Gasteiger partial charge < -0.3 is 9.84 Å². The number of nitro groups is 1. The van der Waals surface area contributed by atoms with Crippen LogP contribution in [0.2, 0.25) is 0 Å². The fourth-order valence-electron chi connectivity index (χ4n) is 1.41. The molecule has 0 bridgehead atoms. The van der Waals surface area contributed by atoms with Crippen LogP contribution in [-0.4, -0.2) is 20.0 Å². The Morgan fingerprint density at radius 3 is 2.83 bits per heavy atom. The van der Waals surface area contributed by atoms with Crippen molar-refractivity contribution in [2.45, 2.75) is 20.4 Å². The molecule has 8 nitrogen and oxygen atoms in total. The molecule has 2 aromatic heterocycles. The summed E-state index contributed by atoms with van der Waals surface area (Å²) in [4.78, 5) is 18.1. The van der Waals surface area contributed by atoms with Crippen molar-refractivity contribution < 1.29 is 9.45 Å². The molecule has 18 heavy (non-hydrogen) atoms. The van der Waals surface area contributed by atoms with Gasteiger partial charge in [0.1, 0.15) is 12.0 Å². The van der Waals surface area contributed by atoms with Gasteiger partial charge in [0.25, 0.3) is 5.69 Å². The third kappa shape index (κ3) is 2.59. The number of hydrogen-bond acceptors (Lipinski definition) is 7. The average Bonchev–Trinajstić information content (AvgIpc) is 2.72. The first-order valence-electron chi connectivity index (χ1n) is 5.20. The zero-order chi connectivity index (χ0) is 13.1. The summed E-state index contributed by atoms with van der Waals surface area (Å²) in [5.74, 6) is 1.51. The second-order valence-electron chi connectivity index (χ2n) is 3.70. The summed E-state index contributed by atoms with van der Waals surface area (Å²) < 4.78 is 4.92. The van der Waals surface area contributed by atoms with Crippen molar-refractivity contribution in [3.63, 3.8) is 0 Å². The van der Waals surface area contributed by atoms with Crippen molar-refractivity contribution in [2.24, 2.45) is 0 Å². The van der Waals surface area contributed by atoms with Crippen molar-refractivity contribution >= 4 is 11.5 Å². The standard InChI is InChI=1S/C10H11N5O3/c1-6-3-9(11-4-8(6)15(16)17)12-5-10-13-7(2)14-18-10/h3-4H,5H2,1-2H3,(H,11,12). The fraction of sp³-hybridized carbons (Fsp3) is 0.300. The van der Waals surface area contributed by atoms with Crippen molar-refractivity contribution in [3.05, 3.63) is 39.7 Å². The molecule has 0 fully saturated rings. The van der Waals surface area contributed by atoms with E-state index in [1.54, 1.807) is 19.9 Å². The van der Waals surface area contributed by atoms with Crippen LogP contribution in [0.1, 0.15) is 17.3 Å². The predicted molar refractivity (Wildman–Crippen MR) is 62.0 cm³/mol. The van der Waals surface area contributed by atoms with Crippen LogP contribution >= 0.6 is 0 Å². The number of rotatable bonds is 4. The van der Waals surface area contributed by atoms with E-state index in [-0.39, 0.29) is 5.69 Å². The van der Waals surface area contributed by atoms with Crippen molar-refractivity contribution in [1.29, 1.82) is 0 Å². The molecule has 2 rings (SSSR count). The van der Waals surface area contributed by atoms with Crippen LogP contribution in [0.5, 0.6) is 0 Å². The summed E-state index contributed by atoms with van der Waals surface area (Å²) in [6.07, 6.45) is 1.22. The normalized spacial score (nSPS) is 10.3. The summed E-state index contributed by atoms with van der Waals surface area (Å²) in [7, 11) is 0. The Kier molecular flexibility index (Phi) is 3.18. The largest absolute Gasteiger partial charge is 0.361 e. The Morgan fingerprint density at radius 2 is 2.28 bits per heavy atom. The molecule has 0 saturated carbocycles. The number of nitrogens with zero attached hydrogens (tertiary/aromatic N) is 4. The smallest absolute Gasteiger partial charge is 0.290 e. The lowest BCUT2D eigenvalue weighted by atomic mass is 10.2. The monoisotopic (exact) mass is 249 g/mol. The van der Waals surface area contributed by atoms with E-state index >= 15 is 0 Å². The molecular weight excluding hydrogens is 238 g/mol. The third-order valence-corrected chi connectivity index (χ3v) is 2.27. The van der Waals surface area contributed by atoms with Gasteiger partial charge in [-0.1, -0.05) is 5.16 Å². The molecule has 0 atom stereocenters. The molecule has 0 aliphatic rings. The molecule has 8 heteroatoms. The van der Waals surface area contributed by atoms with Crippen molar-refractivity contribution in [3.8, 4) is 0 Å². The van der Waals surface area contributed by atoms with Gasteiger partial charge in [0.15, 0.2) is 5.82 Å². The zero-order valence-corrected chi connectivity index (χ0v) is 9.88. The lowest BCUT2D eigenvalue weighted by Crippen LogP contribution is -2.03. The molecule has 0 aliphatic heterocycles. The summed E-state index contributed by atoms with van der Waals surface area (Å²) in [5, 5.41) is 17.2. The van der Waals surface area contributed by atoms with Gasteiger partial charge in [0.2, 0.25) is 5.89 Å². The molecule has 0 amide bonds. The van der Waals surface area contributed by atoms with Gasteiger partial charge in [0, 0.05) is 5.56 Å². The minimum atomic E-state index is -0.465. The first-order chi connectivity index (χ1) is 8.56. The molecule has 2 heterocycles. The summed E-state index contributed by atoms with van der Waals surface area (Å²) in [5.41, 5.74) is 0.536. The quantitative estimate of drug-likeness (QED) is 0.647. The van der Waals surface area contributed by atoms with Gasteiger partial charge in [-0.15, -0.1) is 0 Å². The highest BCUT2D eigenvalue weighted by Gasteiger charge is 2.11. The van der Waals surface area contributed by atoms with E-state index in [2.05, 4.69) is 20.4 Å². The minimum absolute atomic E-state index is 0.00538. The predicted octanol–water partition coefficient (Wildman–Crippen LogP) is 1.60. The lowest BCUT2D eigenvalue weighted by molar-refractivity contribution is -0.385. The summed E-state index contributed by atoms with van der Waals surface area (Å²) in [6.45, 7) is 3.70. The molecule has 2 aromatic rings. The van der Waals surface area contributed by atoms with Gasteiger partial charge in [-0.3, -0.25) is 10.1 Å². The van der Waals surface area contributed by atoms with Crippen LogP contribution in [-0.2, 0) is 6.54 Å². The number of pyridine rings is 1. The third-order valence-electron chi connectivity index (χ3n) is 2.27. The van der Waals surface area contributed by atoms with E-state index in [0.717, 1.165) is 0 Å². The molecule has 1 N–H and O–H groups in total. The molecule has 0 unspecified atom stereocenters. The van der Waals surface area contributed by atoms with Gasteiger partial charge >= 0.3 is 0 Å². The Bertz CT molecular complexity index is 581. The van der Waals surface area contributed by atoms with E-state index in [9.17, 15) is 10.1 Å². The number of aryl methyl sites for hydroxylation is 2. The Balaban J connectivity index is 2.06. The van der Waals surface area contributed by atoms with Gasteiger partial charge in [-0.05, 0) is 19.9 Å².